The van der Waals surface area contributed by atoms with Gasteiger partial charge in [-0.15, -0.1) is 0 Å². The average Bonchev–Trinajstić information content (AvgIpc) is 2.73. The molecule has 0 radical (unpaired) electrons. The van der Waals surface area contributed by atoms with Crippen LogP contribution in [-0.2, 0) is 9.59 Å². The smallest absolute Gasteiger partial charge is 0.243 e. The molecule has 7 heteroatoms. The van der Waals surface area contributed by atoms with Gasteiger partial charge in [-0.3, -0.25) is 14.4 Å². The first-order valence-corrected chi connectivity index (χ1v) is 10.3. The molecule has 1 aliphatic rings. The van der Waals surface area contributed by atoms with Gasteiger partial charge in [0, 0.05) is 31.1 Å². The molecule has 0 saturated heterocycles. The Bertz CT molecular complexity index is 992. The Balaban J connectivity index is 1.51. The van der Waals surface area contributed by atoms with E-state index >= 15 is 0 Å². The maximum atomic E-state index is 12.5. The highest BCUT2D eigenvalue weighted by Crippen LogP contribution is 2.31. The molecule has 0 fully saturated rings. The molecule has 3 rings (SSSR count). The number of amides is 2. The van der Waals surface area contributed by atoms with Crippen molar-refractivity contribution >= 4 is 23.3 Å². The van der Waals surface area contributed by atoms with Crippen LogP contribution in [0.5, 0.6) is 11.5 Å². The Morgan fingerprint density at radius 2 is 1.58 bits per heavy atom. The van der Waals surface area contributed by atoms with Crippen LogP contribution in [0.1, 0.15) is 39.9 Å². The third-order valence-electron chi connectivity index (χ3n) is 5.18. The summed E-state index contributed by atoms with van der Waals surface area (Å²) < 4.78 is 10.9. The number of nitrogens with one attached hydrogen (secondary N) is 1. The number of hydrogen-bond donors (Lipinski definition) is 1. The molecule has 0 bridgehead atoms. The number of Topliss-reactive ketones (excluding diaryl/α,β-unsaturated/α-hetero) is 1. The zero-order chi connectivity index (χ0) is 22.5. The van der Waals surface area contributed by atoms with Gasteiger partial charge in [-0.2, -0.15) is 0 Å². The average molecular weight is 424 g/mol. The third kappa shape index (κ3) is 5.63. The Kier molecular flexibility index (Phi) is 6.95. The Morgan fingerprint density at radius 3 is 2.26 bits per heavy atom. The summed E-state index contributed by atoms with van der Waals surface area (Å²) in [6.45, 7) is 6.73. The number of hydrogen-bond acceptors (Lipinski definition) is 5. The normalized spacial score (nSPS) is 12.3. The minimum absolute atomic E-state index is 0.0274. The predicted octanol–water partition coefficient (Wildman–Crippen LogP) is 3.44. The SMILES string of the molecule is Cc1cc(C)c(NC(=O)CN(C)C(=O)CCC(=O)c2ccc3c(c2)OCCO3)c(C)c1. The van der Waals surface area contributed by atoms with Crippen LogP contribution in [0.15, 0.2) is 30.3 Å². The predicted molar refractivity (Wildman–Crippen MR) is 118 cm³/mol. The van der Waals surface area contributed by atoms with Gasteiger partial charge >= 0.3 is 0 Å². The number of fused-ring (bicyclic) bond motifs is 1. The molecule has 164 valence electrons. The zero-order valence-electron chi connectivity index (χ0n) is 18.4. The lowest BCUT2D eigenvalue weighted by molar-refractivity contribution is -0.133. The summed E-state index contributed by atoms with van der Waals surface area (Å²) in [4.78, 5) is 38.7. The van der Waals surface area contributed by atoms with Crippen LogP contribution in [0, 0.1) is 20.8 Å². The monoisotopic (exact) mass is 424 g/mol. The Labute approximate surface area is 182 Å². The lowest BCUT2D eigenvalue weighted by atomic mass is 10.0. The lowest BCUT2D eigenvalue weighted by Crippen LogP contribution is -2.35. The molecule has 0 aromatic heterocycles. The van der Waals surface area contributed by atoms with Crippen molar-refractivity contribution in [3.05, 3.63) is 52.6 Å². The van der Waals surface area contributed by atoms with Crippen molar-refractivity contribution < 1.29 is 23.9 Å². The van der Waals surface area contributed by atoms with E-state index in [2.05, 4.69) is 5.32 Å². The van der Waals surface area contributed by atoms with Gasteiger partial charge in [0.1, 0.15) is 13.2 Å². The first-order chi connectivity index (χ1) is 14.7. The van der Waals surface area contributed by atoms with Crippen LogP contribution in [0.2, 0.25) is 0 Å². The molecule has 0 aliphatic carbocycles. The lowest BCUT2D eigenvalue weighted by Gasteiger charge is -2.19. The number of likely N-dealkylation sites (N-methyl/N-ethyl adjacent to an activating group) is 1. The topological polar surface area (TPSA) is 84.9 Å². The zero-order valence-corrected chi connectivity index (χ0v) is 18.4. The van der Waals surface area contributed by atoms with Gasteiger partial charge in [0.25, 0.3) is 0 Å². The molecule has 1 heterocycles. The second-order valence-electron chi connectivity index (χ2n) is 7.85. The first-order valence-electron chi connectivity index (χ1n) is 10.3. The van der Waals surface area contributed by atoms with Crippen molar-refractivity contribution in [1.29, 1.82) is 0 Å². The van der Waals surface area contributed by atoms with Crippen molar-refractivity contribution in [2.75, 3.05) is 32.1 Å². The third-order valence-corrected chi connectivity index (χ3v) is 5.18. The molecule has 2 aromatic rings. The van der Waals surface area contributed by atoms with Gasteiger partial charge in [0.2, 0.25) is 11.8 Å². The molecule has 2 aromatic carbocycles. The molecule has 0 atom stereocenters. The maximum absolute atomic E-state index is 12.5. The molecule has 1 aliphatic heterocycles. The van der Waals surface area contributed by atoms with E-state index in [1.807, 2.05) is 32.9 Å². The highest BCUT2D eigenvalue weighted by molar-refractivity contribution is 5.99. The highest BCUT2D eigenvalue weighted by atomic mass is 16.6. The van der Waals surface area contributed by atoms with Gasteiger partial charge in [0.15, 0.2) is 17.3 Å². The van der Waals surface area contributed by atoms with E-state index in [1.54, 1.807) is 25.2 Å². The molecule has 0 unspecified atom stereocenters. The number of carbonyl (C=O) groups excluding carboxylic acids is 3. The Hall–Kier alpha value is -3.35. The standard InChI is InChI=1S/C24H28N2O5/c1-15-11-16(2)24(17(3)12-15)25-22(28)14-26(4)23(29)8-6-19(27)18-5-7-20-21(13-18)31-10-9-30-20/h5,7,11-13H,6,8-10,14H2,1-4H3,(H,25,28). The fraction of sp³-hybridized carbons (Fsp3) is 0.375. The van der Waals surface area contributed by atoms with E-state index in [1.165, 1.54) is 4.90 Å². The van der Waals surface area contributed by atoms with Crippen LogP contribution in [0.3, 0.4) is 0 Å². The summed E-state index contributed by atoms with van der Waals surface area (Å²) in [6.07, 6.45) is 0.0836. The maximum Gasteiger partial charge on any atom is 0.243 e. The molecule has 1 N–H and O–H groups in total. The minimum atomic E-state index is -0.274. The molecular formula is C24H28N2O5. The molecule has 2 amide bonds. The largest absolute Gasteiger partial charge is 0.486 e. The first kappa shape index (κ1) is 22.3. The molecule has 7 nitrogen and oxygen atoms in total. The van der Waals surface area contributed by atoms with Crippen molar-refractivity contribution in [2.45, 2.75) is 33.6 Å². The van der Waals surface area contributed by atoms with E-state index in [4.69, 9.17) is 9.47 Å². The number of carbonyl (C=O) groups is 3. The number of ketones is 1. The van der Waals surface area contributed by atoms with Crippen molar-refractivity contribution in [3.63, 3.8) is 0 Å². The number of anilines is 1. The van der Waals surface area contributed by atoms with Gasteiger partial charge in [-0.05, 0) is 50.1 Å². The van der Waals surface area contributed by atoms with Crippen LogP contribution in [-0.4, -0.2) is 49.3 Å². The fourth-order valence-electron chi connectivity index (χ4n) is 3.63. The van der Waals surface area contributed by atoms with Crippen LogP contribution in [0.25, 0.3) is 0 Å². The fourth-order valence-corrected chi connectivity index (χ4v) is 3.63. The number of ether oxygens (including phenoxy) is 2. The van der Waals surface area contributed by atoms with E-state index in [0.29, 0.717) is 30.3 Å². The van der Waals surface area contributed by atoms with Crippen molar-refractivity contribution in [3.8, 4) is 11.5 Å². The van der Waals surface area contributed by atoms with Crippen molar-refractivity contribution in [2.24, 2.45) is 0 Å². The van der Waals surface area contributed by atoms with Crippen LogP contribution >= 0.6 is 0 Å². The second kappa shape index (κ2) is 9.64. The van der Waals surface area contributed by atoms with Crippen molar-refractivity contribution in [1.82, 2.24) is 4.90 Å². The number of rotatable bonds is 7. The number of benzene rings is 2. The molecule has 0 saturated carbocycles. The number of aryl methyl sites for hydroxylation is 3. The number of nitrogens with zero attached hydrogens (tertiary/aromatic N) is 1. The summed E-state index contributed by atoms with van der Waals surface area (Å²) in [7, 11) is 1.56. The van der Waals surface area contributed by atoms with E-state index in [-0.39, 0.29) is 37.0 Å². The highest BCUT2D eigenvalue weighted by Gasteiger charge is 2.18. The quantitative estimate of drug-likeness (QED) is 0.688. The minimum Gasteiger partial charge on any atom is -0.486 e. The van der Waals surface area contributed by atoms with Gasteiger partial charge in [-0.25, -0.2) is 0 Å². The molecule has 0 spiro atoms. The van der Waals surface area contributed by atoms with Crippen LogP contribution in [0.4, 0.5) is 5.69 Å². The van der Waals surface area contributed by atoms with E-state index in [9.17, 15) is 14.4 Å². The molecule has 31 heavy (non-hydrogen) atoms. The summed E-state index contributed by atoms with van der Waals surface area (Å²) in [5, 5.41) is 2.89. The summed E-state index contributed by atoms with van der Waals surface area (Å²) >= 11 is 0. The summed E-state index contributed by atoms with van der Waals surface area (Å²) in [5.74, 6) is 0.458. The van der Waals surface area contributed by atoms with Crippen LogP contribution < -0.4 is 14.8 Å². The second-order valence-corrected chi connectivity index (χ2v) is 7.85. The summed E-state index contributed by atoms with van der Waals surface area (Å²) in [5.41, 5.74) is 4.32. The van der Waals surface area contributed by atoms with E-state index < -0.39 is 0 Å². The van der Waals surface area contributed by atoms with E-state index in [0.717, 1.165) is 22.4 Å². The Morgan fingerprint density at radius 1 is 0.935 bits per heavy atom. The van der Waals surface area contributed by atoms with Gasteiger partial charge < -0.3 is 19.7 Å². The summed E-state index contributed by atoms with van der Waals surface area (Å²) in [6, 6.07) is 9.02. The van der Waals surface area contributed by atoms with Gasteiger partial charge in [-0.1, -0.05) is 17.7 Å². The molecular weight excluding hydrogens is 396 g/mol. The van der Waals surface area contributed by atoms with Gasteiger partial charge in [0.05, 0.1) is 6.54 Å².